The van der Waals surface area contributed by atoms with Gasteiger partial charge < -0.3 is 9.47 Å². The summed E-state index contributed by atoms with van der Waals surface area (Å²) < 4.78 is 10.7. The molecule has 8 heteroatoms. The van der Waals surface area contributed by atoms with Gasteiger partial charge in [0.1, 0.15) is 5.75 Å². The Labute approximate surface area is 144 Å². The number of urea groups is 1. The Morgan fingerprint density at radius 1 is 1.17 bits per heavy atom. The van der Waals surface area contributed by atoms with Crippen LogP contribution in [0.3, 0.4) is 0 Å². The molecular weight excluding hydrogens is 336 g/mol. The maximum absolute atomic E-state index is 12.4. The van der Waals surface area contributed by atoms with E-state index in [0.29, 0.717) is 29.4 Å². The van der Waals surface area contributed by atoms with Crippen molar-refractivity contribution in [2.75, 3.05) is 13.3 Å². The molecule has 3 rings (SSSR count). The number of amides is 4. The molecule has 24 heavy (non-hydrogen) atoms. The largest absolute Gasteiger partial charge is 0.467 e. The van der Waals surface area contributed by atoms with Crippen molar-refractivity contribution >= 4 is 29.4 Å². The Morgan fingerprint density at radius 3 is 2.67 bits per heavy atom. The van der Waals surface area contributed by atoms with E-state index in [1.165, 1.54) is 0 Å². The molecule has 0 N–H and O–H groups in total. The van der Waals surface area contributed by atoms with Crippen LogP contribution in [0.15, 0.2) is 12.1 Å². The number of nitrogens with zero attached hydrogens (tertiary/aromatic N) is 2. The number of fused-ring (bicyclic) bond motifs is 1. The normalized spacial score (nSPS) is 17.3. The van der Waals surface area contributed by atoms with Crippen molar-refractivity contribution < 1.29 is 23.9 Å². The smallest absolute Gasteiger partial charge is 0.334 e. The monoisotopic (exact) mass is 352 g/mol. The number of carbonyl (C=O) groups is 3. The van der Waals surface area contributed by atoms with Crippen molar-refractivity contribution in [2.24, 2.45) is 0 Å². The fraction of sp³-hybridized carbons (Fsp3) is 0.438. The molecule has 0 spiro atoms. The van der Waals surface area contributed by atoms with E-state index in [9.17, 15) is 14.4 Å². The van der Waals surface area contributed by atoms with Gasteiger partial charge >= 0.3 is 17.8 Å². The van der Waals surface area contributed by atoms with E-state index in [0.717, 1.165) is 21.8 Å². The highest BCUT2D eigenvalue weighted by Gasteiger charge is 2.44. The van der Waals surface area contributed by atoms with Gasteiger partial charge in [0.2, 0.25) is 0 Å². The second-order valence-corrected chi connectivity index (χ2v) is 6.08. The van der Waals surface area contributed by atoms with E-state index >= 15 is 0 Å². The second kappa shape index (κ2) is 6.78. The molecule has 0 saturated carbocycles. The summed E-state index contributed by atoms with van der Waals surface area (Å²) in [6.45, 7) is 2.56. The minimum absolute atomic E-state index is 0.0606. The maximum atomic E-state index is 12.4. The third-order valence-electron chi connectivity index (χ3n) is 3.95. The molecule has 1 saturated heterocycles. The lowest BCUT2D eigenvalue weighted by molar-refractivity contribution is -0.143. The first-order chi connectivity index (χ1) is 11.5. The molecule has 1 aromatic rings. The van der Waals surface area contributed by atoms with Crippen LogP contribution in [0.4, 0.5) is 4.79 Å². The Bertz CT molecular complexity index is 706. The van der Waals surface area contributed by atoms with Gasteiger partial charge in [0.15, 0.2) is 6.79 Å². The van der Waals surface area contributed by atoms with Crippen LogP contribution in [-0.2, 0) is 27.5 Å². The first-order valence-corrected chi connectivity index (χ1v) is 8.10. The van der Waals surface area contributed by atoms with Gasteiger partial charge in [-0.25, -0.2) is 4.79 Å². The topological polar surface area (TPSA) is 76.2 Å². The summed E-state index contributed by atoms with van der Waals surface area (Å²) in [5.41, 5.74) is 1.32. The van der Waals surface area contributed by atoms with Crippen LogP contribution in [0.1, 0.15) is 30.9 Å². The van der Waals surface area contributed by atoms with Gasteiger partial charge in [0, 0.05) is 22.7 Å². The molecule has 7 nitrogen and oxygen atoms in total. The SMILES string of the molecule is CCCCN1C(=O)C(=O)N(Cc2cc(Cl)cc3c2OCOC3)C1=O. The van der Waals surface area contributed by atoms with E-state index in [4.69, 9.17) is 21.1 Å². The zero-order chi connectivity index (χ0) is 17.3. The molecule has 0 unspecified atom stereocenters. The van der Waals surface area contributed by atoms with E-state index in [1.807, 2.05) is 6.92 Å². The molecule has 0 aliphatic carbocycles. The summed E-state index contributed by atoms with van der Waals surface area (Å²) in [5.74, 6) is -1.06. The number of hydrogen-bond donors (Lipinski definition) is 0. The van der Waals surface area contributed by atoms with E-state index in [-0.39, 0.29) is 19.9 Å². The molecular formula is C16H17ClN2O5. The van der Waals surface area contributed by atoms with Crippen LogP contribution in [0.5, 0.6) is 5.75 Å². The third kappa shape index (κ3) is 2.97. The van der Waals surface area contributed by atoms with Crippen molar-refractivity contribution in [1.82, 2.24) is 9.80 Å². The lowest BCUT2D eigenvalue weighted by atomic mass is 10.1. The number of imide groups is 2. The Kier molecular flexibility index (Phi) is 4.73. The first-order valence-electron chi connectivity index (χ1n) is 7.72. The van der Waals surface area contributed by atoms with Gasteiger partial charge in [-0.2, -0.15) is 0 Å². The summed E-state index contributed by atoms with van der Waals surface area (Å²) in [4.78, 5) is 38.5. The molecule has 0 atom stereocenters. The van der Waals surface area contributed by atoms with E-state index < -0.39 is 17.8 Å². The van der Waals surface area contributed by atoms with E-state index in [2.05, 4.69) is 0 Å². The molecule has 128 valence electrons. The molecule has 0 bridgehead atoms. The Balaban J connectivity index is 1.86. The van der Waals surface area contributed by atoms with Gasteiger partial charge in [-0.05, 0) is 18.6 Å². The number of unbranched alkanes of at least 4 members (excludes halogenated alkanes) is 1. The number of ether oxygens (including phenoxy) is 2. The molecule has 2 aliphatic rings. The van der Waals surface area contributed by atoms with Crippen molar-refractivity contribution in [1.29, 1.82) is 0 Å². The minimum Gasteiger partial charge on any atom is -0.467 e. The number of halogens is 1. The van der Waals surface area contributed by atoms with Crippen LogP contribution < -0.4 is 4.74 Å². The summed E-state index contributed by atoms with van der Waals surface area (Å²) in [6.07, 6.45) is 1.48. The van der Waals surface area contributed by atoms with Crippen LogP contribution >= 0.6 is 11.6 Å². The number of benzene rings is 1. The van der Waals surface area contributed by atoms with Gasteiger partial charge in [-0.3, -0.25) is 19.4 Å². The lowest BCUT2D eigenvalue weighted by Gasteiger charge is -2.23. The quantitative estimate of drug-likeness (QED) is 0.600. The van der Waals surface area contributed by atoms with E-state index in [1.54, 1.807) is 12.1 Å². The molecule has 0 radical (unpaired) electrons. The fourth-order valence-corrected chi connectivity index (χ4v) is 3.01. The average Bonchev–Trinajstić information content (AvgIpc) is 2.76. The van der Waals surface area contributed by atoms with Crippen molar-refractivity contribution in [2.45, 2.75) is 32.9 Å². The lowest BCUT2D eigenvalue weighted by Crippen LogP contribution is -2.34. The van der Waals surface area contributed by atoms with Gasteiger partial charge in [0.05, 0.1) is 13.2 Å². The zero-order valence-corrected chi connectivity index (χ0v) is 14.0. The van der Waals surface area contributed by atoms with Crippen LogP contribution in [-0.4, -0.2) is 41.0 Å². The summed E-state index contributed by atoms with van der Waals surface area (Å²) in [6, 6.07) is 2.75. The van der Waals surface area contributed by atoms with Gasteiger partial charge in [0.25, 0.3) is 0 Å². The summed E-state index contributed by atoms with van der Waals surface area (Å²) in [5, 5.41) is 0.450. The third-order valence-corrected chi connectivity index (χ3v) is 4.17. The standard InChI is InChI=1S/C16H17ClN2O5/c1-2-3-4-18-14(20)15(21)19(16(18)22)7-10-5-12(17)6-11-8-23-9-24-13(10)11/h5-6H,2-4,7-9H2,1H3. The van der Waals surface area contributed by atoms with Crippen LogP contribution in [0.2, 0.25) is 5.02 Å². The highest BCUT2D eigenvalue weighted by molar-refractivity contribution is 6.44. The maximum Gasteiger partial charge on any atom is 0.334 e. The Morgan fingerprint density at radius 2 is 1.92 bits per heavy atom. The number of rotatable bonds is 5. The second-order valence-electron chi connectivity index (χ2n) is 5.65. The van der Waals surface area contributed by atoms with Crippen LogP contribution in [0.25, 0.3) is 0 Å². The summed E-state index contributed by atoms with van der Waals surface area (Å²) in [7, 11) is 0. The van der Waals surface area contributed by atoms with Crippen molar-refractivity contribution in [3.8, 4) is 5.75 Å². The van der Waals surface area contributed by atoms with Gasteiger partial charge in [-0.15, -0.1) is 0 Å². The molecule has 2 aliphatic heterocycles. The van der Waals surface area contributed by atoms with Crippen molar-refractivity contribution in [3.05, 3.63) is 28.3 Å². The molecule has 1 fully saturated rings. The molecule has 2 heterocycles. The van der Waals surface area contributed by atoms with Crippen LogP contribution in [0, 0.1) is 0 Å². The average molecular weight is 353 g/mol. The molecule has 4 amide bonds. The van der Waals surface area contributed by atoms with Crippen molar-refractivity contribution in [3.63, 3.8) is 0 Å². The zero-order valence-electron chi connectivity index (χ0n) is 13.2. The predicted molar refractivity (Wildman–Crippen MR) is 84.3 cm³/mol. The highest BCUT2D eigenvalue weighted by Crippen LogP contribution is 2.33. The minimum atomic E-state index is -0.822. The summed E-state index contributed by atoms with van der Waals surface area (Å²) >= 11 is 6.09. The number of carbonyl (C=O) groups excluding carboxylic acids is 3. The molecule has 1 aromatic carbocycles. The molecule has 0 aromatic heterocycles. The fourth-order valence-electron chi connectivity index (χ4n) is 2.75. The highest BCUT2D eigenvalue weighted by atomic mass is 35.5. The first kappa shape index (κ1) is 16.7. The Hall–Kier alpha value is -2.12. The number of hydrogen-bond acceptors (Lipinski definition) is 5. The predicted octanol–water partition coefficient (Wildman–Crippen LogP) is 2.30. The van der Waals surface area contributed by atoms with Gasteiger partial charge in [-0.1, -0.05) is 24.9 Å².